The Balaban J connectivity index is 2.13. The molecule has 0 saturated carbocycles. The Morgan fingerprint density at radius 2 is 2.11 bits per heavy atom. The van der Waals surface area contributed by atoms with Gasteiger partial charge in [0, 0.05) is 6.54 Å². The molecule has 0 aliphatic carbocycles. The molecule has 0 atom stereocenters. The van der Waals surface area contributed by atoms with Crippen LogP contribution >= 0.6 is 0 Å². The van der Waals surface area contributed by atoms with Crippen LogP contribution in [0.25, 0.3) is 0 Å². The number of nitrogens with one attached hydrogen (secondary N) is 1. The maximum atomic E-state index is 12.3. The Morgan fingerprint density at radius 1 is 1.33 bits per heavy atom. The van der Waals surface area contributed by atoms with E-state index >= 15 is 0 Å². The number of para-hydroxylation sites is 1. The lowest BCUT2D eigenvalue weighted by atomic mass is 10.3. The van der Waals surface area contributed by atoms with E-state index in [4.69, 9.17) is 0 Å². The first-order chi connectivity index (χ1) is 8.66. The normalized spacial score (nSPS) is 16.6. The highest BCUT2D eigenvalue weighted by molar-refractivity contribution is 7.89. The third-order valence-corrected chi connectivity index (χ3v) is 4.55. The Kier molecular flexibility index (Phi) is 3.98. The smallest absolute Gasteiger partial charge is 0.267 e. The molecule has 0 radical (unpaired) electrons. The van der Waals surface area contributed by atoms with Gasteiger partial charge in [-0.15, -0.1) is 0 Å². The number of fused-ring (bicyclic) bond motifs is 1. The van der Waals surface area contributed by atoms with Crippen molar-refractivity contribution in [3.63, 3.8) is 0 Å². The van der Waals surface area contributed by atoms with Crippen molar-refractivity contribution in [2.45, 2.75) is 18.2 Å². The van der Waals surface area contributed by atoms with Crippen LogP contribution in [0.3, 0.4) is 0 Å². The monoisotopic (exact) mass is 267 g/mol. The predicted octanol–water partition coefficient (Wildman–Crippen LogP) is 1.35. The van der Waals surface area contributed by atoms with E-state index in [-0.39, 0.29) is 4.90 Å². The van der Waals surface area contributed by atoms with Gasteiger partial charge in [0.15, 0.2) is 0 Å². The van der Waals surface area contributed by atoms with E-state index in [1.165, 1.54) is 10.6 Å². The minimum atomic E-state index is -3.41. The van der Waals surface area contributed by atoms with Gasteiger partial charge in [0.05, 0.1) is 5.69 Å². The van der Waals surface area contributed by atoms with Crippen LogP contribution in [0.1, 0.15) is 13.3 Å². The first-order valence-corrected chi connectivity index (χ1v) is 7.46. The molecule has 98 valence electrons. The first kappa shape index (κ1) is 13.0. The van der Waals surface area contributed by atoms with Crippen molar-refractivity contribution in [3.05, 3.63) is 24.3 Å². The standard InChI is InChI=1S/C12H17N3O2S/c1-2-13-8-5-9-15-10-14-11-6-3-4-7-12(11)18(15,16)17/h3-4,6-7,10,13H,2,5,8-9H2,1H3. The fraction of sp³-hybridized carbons (Fsp3) is 0.417. The summed E-state index contributed by atoms with van der Waals surface area (Å²) in [7, 11) is -3.41. The number of benzene rings is 1. The summed E-state index contributed by atoms with van der Waals surface area (Å²) in [5.74, 6) is 0. The van der Waals surface area contributed by atoms with Gasteiger partial charge in [-0.05, 0) is 31.6 Å². The first-order valence-electron chi connectivity index (χ1n) is 6.02. The second-order valence-electron chi connectivity index (χ2n) is 4.04. The molecule has 0 spiro atoms. The van der Waals surface area contributed by atoms with E-state index in [9.17, 15) is 8.42 Å². The number of aliphatic imine (C=N–C) groups is 1. The summed E-state index contributed by atoms with van der Waals surface area (Å²) in [5.41, 5.74) is 0.514. The summed E-state index contributed by atoms with van der Waals surface area (Å²) in [4.78, 5) is 4.46. The van der Waals surface area contributed by atoms with Gasteiger partial charge < -0.3 is 5.32 Å². The second-order valence-corrected chi connectivity index (χ2v) is 5.89. The lowest BCUT2D eigenvalue weighted by Gasteiger charge is -2.23. The van der Waals surface area contributed by atoms with Crippen molar-refractivity contribution in [1.82, 2.24) is 9.62 Å². The van der Waals surface area contributed by atoms with Crippen LogP contribution in [0.15, 0.2) is 34.2 Å². The van der Waals surface area contributed by atoms with E-state index in [0.717, 1.165) is 19.5 Å². The minimum absolute atomic E-state index is 0.288. The van der Waals surface area contributed by atoms with Crippen LogP contribution < -0.4 is 5.32 Å². The quantitative estimate of drug-likeness (QED) is 0.819. The topological polar surface area (TPSA) is 61.8 Å². The Labute approximate surface area is 108 Å². The van der Waals surface area contributed by atoms with Gasteiger partial charge in [-0.1, -0.05) is 19.1 Å². The Morgan fingerprint density at radius 3 is 2.89 bits per heavy atom. The molecule has 1 aromatic rings. The highest BCUT2D eigenvalue weighted by Crippen LogP contribution is 2.29. The molecular formula is C12H17N3O2S. The summed E-state index contributed by atoms with van der Waals surface area (Å²) >= 11 is 0. The molecule has 0 amide bonds. The van der Waals surface area contributed by atoms with Gasteiger partial charge in [0.2, 0.25) is 0 Å². The molecule has 1 aliphatic rings. The molecule has 1 heterocycles. The molecule has 6 heteroatoms. The molecule has 1 N–H and O–H groups in total. The van der Waals surface area contributed by atoms with Crippen molar-refractivity contribution in [2.24, 2.45) is 4.99 Å². The molecule has 5 nitrogen and oxygen atoms in total. The average Bonchev–Trinajstić information content (AvgIpc) is 2.37. The van der Waals surface area contributed by atoms with Crippen LogP contribution in [0.2, 0.25) is 0 Å². The summed E-state index contributed by atoms with van der Waals surface area (Å²) in [6, 6.07) is 6.80. The maximum absolute atomic E-state index is 12.3. The van der Waals surface area contributed by atoms with Crippen LogP contribution in [0.4, 0.5) is 5.69 Å². The van der Waals surface area contributed by atoms with Crippen molar-refractivity contribution in [2.75, 3.05) is 19.6 Å². The zero-order chi connectivity index (χ0) is 13.0. The van der Waals surface area contributed by atoms with Gasteiger partial charge in [-0.25, -0.2) is 13.4 Å². The van der Waals surface area contributed by atoms with Crippen molar-refractivity contribution in [3.8, 4) is 0 Å². The molecule has 0 saturated heterocycles. The van der Waals surface area contributed by atoms with Crippen LogP contribution in [0, 0.1) is 0 Å². The number of nitrogens with zero attached hydrogens (tertiary/aromatic N) is 2. The van der Waals surface area contributed by atoms with E-state index < -0.39 is 10.0 Å². The Hall–Kier alpha value is -1.40. The zero-order valence-corrected chi connectivity index (χ0v) is 11.2. The van der Waals surface area contributed by atoms with Gasteiger partial charge in [0.1, 0.15) is 11.2 Å². The van der Waals surface area contributed by atoms with Gasteiger partial charge in [0.25, 0.3) is 10.0 Å². The van der Waals surface area contributed by atoms with Crippen molar-refractivity contribution < 1.29 is 8.42 Å². The summed E-state index contributed by atoms with van der Waals surface area (Å²) in [5, 5.41) is 3.17. The number of sulfonamides is 1. The predicted molar refractivity (Wildman–Crippen MR) is 71.6 cm³/mol. The fourth-order valence-electron chi connectivity index (χ4n) is 1.81. The van der Waals surface area contributed by atoms with Crippen LogP contribution in [-0.2, 0) is 10.0 Å². The highest BCUT2D eigenvalue weighted by atomic mass is 32.2. The molecular weight excluding hydrogens is 250 g/mol. The minimum Gasteiger partial charge on any atom is -0.317 e. The molecule has 1 aromatic carbocycles. The lowest BCUT2D eigenvalue weighted by molar-refractivity contribution is 0.508. The fourth-order valence-corrected chi connectivity index (χ4v) is 3.24. The van der Waals surface area contributed by atoms with E-state index in [1.807, 2.05) is 6.92 Å². The van der Waals surface area contributed by atoms with E-state index in [2.05, 4.69) is 10.3 Å². The number of hydrogen-bond donors (Lipinski definition) is 1. The van der Waals surface area contributed by atoms with Crippen LogP contribution in [0.5, 0.6) is 0 Å². The average molecular weight is 267 g/mol. The zero-order valence-electron chi connectivity index (χ0n) is 10.3. The summed E-state index contributed by atoms with van der Waals surface area (Å²) < 4.78 is 25.9. The third-order valence-electron chi connectivity index (χ3n) is 2.76. The maximum Gasteiger partial charge on any atom is 0.267 e. The SMILES string of the molecule is CCNCCCN1C=Nc2ccccc2S1(=O)=O. The molecule has 0 aromatic heterocycles. The van der Waals surface area contributed by atoms with Crippen molar-refractivity contribution >= 4 is 22.0 Å². The van der Waals surface area contributed by atoms with Gasteiger partial charge in [-0.3, -0.25) is 4.31 Å². The lowest BCUT2D eigenvalue weighted by Crippen LogP contribution is -2.34. The van der Waals surface area contributed by atoms with Crippen molar-refractivity contribution in [1.29, 1.82) is 0 Å². The van der Waals surface area contributed by atoms with Gasteiger partial charge >= 0.3 is 0 Å². The number of hydrogen-bond acceptors (Lipinski definition) is 4. The third kappa shape index (κ3) is 2.54. The van der Waals surface area contributed by atoms with E-state index in [0.29, 0.717) is 12.2 Å². The summed E-state index contributed by atoms with van der Waals surface area (Å²) in [6.45, 7) is 4.17. The summed E-state index contributed by atoms with van der Waals surface area (Å²) in [6.07, 6.45) is 2.17. The molecule has 2 rings (SSSR count). The second kappa shape index (κ2) is 5.49. The molecule has 0 fully saturated rings. The largest absolute Gasteiger partial charge is 0.317 e. The van der Waals surface area contributed by atoms with Crippen LogP contribution in [-0.4, -0.2) is 38.7 Å². The molecule has 1 aliphatic heterocycles. The highest BCUT2D eigenvalue weighted by Gasteiger charge is 2.27. The Bertz CT molecular complexity index is 540. The van der Waals surface area contributed by atoms with E-state index in [1.54, 1.807) is 24.3 Å². The molecule has 0 bridgehead atoms. The number of rotatable bonds is 5. The molecule has 18 heavy (non-hydrogen) atoms. The van der Waals surface area contributed by atoms with Gasteiger partial charge in [-0.2, -0.15) is 0 Å². The molecule has 0 unspecified atom stereocenters.